The van der Waals surface area contributed by atoms with Crippen LogP contribution in [0.5, 0.6) is 0 Å². The number of hydrogen-bond acceptors (Lipinski definition) is 3. The van der Waals surface area contributed by atoms with Crippen LogP contribution in [-0.4, -0.2) is 36.8 Å². The topological polar surface area (TPSA) is 83.8 Å². The van der Waals surface area contributed by atoms with Crippen LogP contribution in [0.3, 0.4) is 0 Å². The van der Waals surface area contributed by atoms with Crippen molar-refractivity contribution in [2.45, 2.75) is 12.7 Å². The molecule has 0 spiro atoms. The Morgan fingerprint density at radius 2 is 1.92 bits per heavy atom. The quantitative estimate of drug-likeness (QED) is 0.704. The molecule has 0 saturated carbocycles. The van der Waals surface area contributed by atoms with Crippen LogP contribution in [0.4, 0.5) is 17.6 Å². The summed E-state index contributed by atoms with van der Waals surface area (Å²) in [6.07, 6.45) is -2.47. The van der Waals surface area contributed by atoms with E-state index in [0.717, 1.165) is 29.2 Å². The maximum atomic E-state index is 13.1. The van der Waals surface area contributed by atoms with Crippen LogP contribution in [0.1, 0.15) is 10.5 Å². The molecule has 0 aliphatic carbocycles. The van der Waals surface area contributed by atoms with E-state index in [2.05, 4.69) is 15.0 Å². The first kappa shape index (κ1) is 16.7. The maximum absolute atomic E-state index is 13.1. The molecule has 0 aliphatic heterocycles. The fourth-order valence-corrected chi connectivity index (χ4v) is 2.32. The maximum Gasteiger partial charge on any atom is 0.406 e. The van der Waals surface area contributed by atoms with Crippen molar-refractivity contribution >= 4 is 5.97 Å². The summed E-state index contributed by atoms with van der Waals surface area (Å²) in [6, 6.07) is 5.01. The van der Waals surface area contributed by atoms with Crippen molar-refractivity contribution in [1.29, 1.82) is 0 Å². The van der Waals surface area contributed by atoms with Gasteiger partial charge in [0.15, 0.2) is 11.5 Å². The van der Waals surface area contributed by atoms with E-state index in [-0.39, 0.29) is 22.9 Å². The number of aromatic nitrogens is 4. The van der Waals surface area contributed by atoms with E-state index in [4.69, 9.17) is 5.11 Å². The van der Waals surface area contributed by atoms with Gasteiger partial charge in [-0.05, 0) is 24.3 Å². The first-order valence-corrected chi connectivity index (χ1v) is 6.91. The molecule has 0 aliphatic rings. The smallest absolute Gasteiger partial charge is 0.406 e. The van der Waals surface area contributed by atoms with E-state index >= 15 is 0 Å². The lowest BCUT2D eigenvalue weighted by atomic mass is 10.1. The molecule has 0 unspecified atom stereocenters. The zero-order chi connectivity index (χ0) is 18.2. The van der Waals surface area contributed by atoms with Gasteiger partial charge in [0, 0.05) is 11.8 Å². The molecule has 130 valence electrons. The summed E-state index contributed by atoms with van der Waals surface area (Å²) >= 11 is 0. The van der Waals surface area contributed by atoms with Gasteiger partial charge in [-0.25, -0.2) is 19.2 Å². The summed E-state index contributed by atoms with van der Waals surface area (Å²) in [4.78, 5) is 21.3. The Morgan fingerprint density at radius 1 is 1.24 bits per heavy atom. The minimum atomic E-state index is -4.52. The van der Waals surface area contributed by atoms with Crippen LogP contribution < -0.4 is 0 Å². The summed E-state index contributed by atoms with van der Waals surface area (Å²) in [7, 11) is 0. The molecule has 0 bridgehead atoms. The van der Waals surface area contributed by atoms with Gasteiger partial charge in [-0.2, -0.15) is 13.2 Å². The standard InChI is InChI=1S/C15H10F4N4O2/c16-9-3-1-8(2-4-9)11-12(13-20-5-10(22-13)14(24)25)23(7-21-11)6-15(17,18)19/h1-5,7H,6H2,(H,20,22)(H,24,25). The number of aromatic carboxylic acids is 1. The molecule has 3 aromatic rings. The van der Waals surface area contributed by atoms with Gasteiger partial charge >= 0.3 is 12.1 Å². The second kappa shape index (κ2) is 6.04. The van der Waals surface area contributed by atoms with Gasteiger partial charge in [0.25, 0.3) is 0 Å². The number of aromatic amines is 1. The number of hydrogen-bond donors (Lipinski definition) is 2. The summed E-state index contributed by atoms with van der Waals surface area (Å²) in [5, 5.41) is 8.94. The molecule has 2 N–H and O–H groups in total. The van der Waals surface area contributed by atoms with Crippen LogP contribution in [-0.2, 0) is 6.54 Å². The summed E-state index contributed by atoms with van der Waals surface area (Å²) in [5.74, 6) is -1.92. The molecule has 0 atom stereocenters. The summed E-state index contributed by atoms with van der Waals surface area (Å²) in [6.45, 7) is -1.33. The summed E-state index contributed by atoms with van der Waals surface area (Å²) in [5.41, 5.74) is 0.0948. The number of nitrogens with zero attached hydrogens (tertiary/aromatic N) is 3. The van der Waals surface area contributed by atoms with Crippen LogP contribution in [0, 0.1) is 5.82 Å². The average molecular weight is 354 g/mol. The molecular weight excluding hydrogens is 344 g/mol. The first-order chi connectivity index (χ1) is 11.7. The molecule has 2 aromatic heterocycles. The van der Waals surface area contributed by atoms with Gasteiger partial charge < -0.3 is 14.7 Å². The number of nitrogens with one attached hydrogen (secondary N) is 1. The Labute approximate surface area is 137 Å². The number of imidazole rings is 2. The number of rotatable bonds is 4. The molecule has 0 amide bonds. The van der Waals surface area contributed by atoms with Gasteiger partial charge in [0.1, 0.15) is 18.1 Å². The van der Waals surface area contributed by atoms with Crippen LogP contribution in [0.15, 0.2) is 36.8 Å². The zero-order valence-electron chi connectivity index (χ0n) is 12.4. The molecule has 0 saturated heterocycles. The van der Waals surface area contributed by atoms with Gasteiger partial charge in [-0.1, -0.05) is 0 Å². The molecule has 1 aromatic carbocycles. The molecule has 0 fully saturated rings. The average Bonchev–Trinajstić information content (AvgIpc) is 3.13. The van der Waals surface area contributed by atoms with E-state index in [1.165, 1.54) is 12.1 Å². The highest BCUT2D eigenvalue weighted by Crippen LogP contribution is 2.31. The Kier molecular flexibility index (Phi) is 4.03. The van der Waals surface area contributed by atoms with E-state index < -0.39 is 24.5 Å². The lowest BCUT2D eigenvalue weighted by Gasteiger charge is -2.11. The Hall–Kier alpha value is -3.17. The number of H-pyrrole nitrogens is 1. The highest BCUT2D eigenvalue weighted by molar-refractivity contribution is 5.86. The third kappa shape index (κ3) is 3.52. The van der Waals surface area contributed by atoms with Gasteiger partial charge in [0.05, 0.1) is 12.0 Å². The minimum Gasteiger partial charge on any atom is -0.476 e. The van der Waals surface area contributed by atoms with Crippen molar-refractivity contribution < 1.29 is 27.5 Å². The predicted octanol–water partition coefficient (Wildman–Crippen LogP) is 3.34. The molecule has 3 rings (SSSR count). The van der Waals surface area contributed by atoms with Crippen molar-refractivity contribution in [2.24, 2.45) is 0 Å². The van der Waals surface area contributed by atoms with Crippen LogP contribution in [0.2, 0.25) is 0 Å². The molecular formula is C15H10F4N4O2. The van der Waals surface area contributed by atoms with Crippen molar-refractivity contribution in [3.05, 3.63) is 48.3 Å². The van der Waals surface area contributed by atoms with Crippen LogP contribution >= 0.6 is 0 Å². The third-order valence-electron chi connectivity index (χ3n) is 3.33. The lowest BCUT2D eigenvalue weighted by molar-refractivity contribution is -0.140. The van der Waals surface area contributed by atoms with E-state index in [0.29, 0.717) is 5.56 Å². The molecule has 0 radical (unpaired) electrons. The number of alkyl halides is 3. The monoisotopic (exact) mass is 354 g/mol. The number of carbonyl (C=O) groups is 1. The van der Waals surface area contributed by atoms with E-state index in [1.54, 1.807) is 0 Å². The fourth-order valence-electron chi connectivity index (χ4n) is 2.32. The van der Waals surface area contributed by atoms with Gasteiger partial charge in [-0.3, -0.25) is 0 Å². The number of carboxylic acids is 1. The highest BCUT2D eigenvalue weighted by Gasteiger charge is 2.31. The second-order valence-corrected chi connectivity index (χ2v) is 5.13. The zero-order valence-corrected chi connectivity index (χ0v) is 12.4. The molecule has 25 heavy (non-hydrogen) atoms. The number of carboxylic acid groups (broad SMARTS) is 1. The Balaban J connectivity index is 2.15. The van der Waals surface area contributed by atoms with Crippen molar-refractivity contribution in [2.75, 3.05) is 0 Å². The largest absolute Gasteiger partial charge is 0.476 e. The van der Waals surface area contributed by atoms with Crippen molar-refractivity contribution in [1.82, 2.24) is 19.5 Å². The van der Waals surface area contributed by atoms with E-state index in [9.17, 15) is 22.4 Å². The van der Waals surface area contributed by atoms with Gasteiger partial charge in [0.2, 0.25) is 0 Å². The van der Waals surface area contributed by atoms with Crippen molar-refractivity contribution in [3.8, 4) is 22.8 Å². The molecule has 6 nitrogen and oxygen atoms in total. The number of benzene rings is 1. The highest BCUT2D eigenvalue weighted by atomic mass is 19.4. The minimum absolute atomic E-state index is 0.0450. The lowest BCUT2D eigenvalue weighted by Crippen LogP contribution is -2.18. The first-order valence-electron chi connectivity index (χ1n) is 6.91. The second-order valence-electron chi connectivity index (χ2n) is 5.13. The Morgan fingerprint density at radius 3 is 2.48 bits per heavy atom. The third-order valence-corrected chi connectivity index (χ3v) is 3.33. The summed E-state index contributed by atoms with van der Waals surface area (Å²) < 4.78 is 52.3. The number of halogens is 4. The fraction of sp³-hybridized carbons (Fsp3) is 0.133. The molecule has 10 heteroatoms. The predicted molar refractivity (Wildman–Crippen MR) is 78.2 cm³/mol. The van der Waals surface area contributed by atoms with E-state index in [1.807, 2.05) is 0 Å². The SMILES string of the molecule is O=C(O)c1c[nH]c(-c2c(-c3ccc(F)cc3)ncn2CC(F)(F)F)n1. The Bertz CT molecular complexity index is 913. The van der Waals surface area contributed by atoms with Crippen molar-refractivity contribution in [3.63, 3.8) is 0 Å². The van der Waals surface area contributed by atoms with Gasteiger partial charge in [-0.15, -0.1) is 0 Å². The normalized spacial score (nSPS) is 11.7. The van der Waals surface area contributed by atoms with Crippen LogP contribution in [0.25, 0.3) is 22.8 Å². The molecule has 2 heterocycles.